The van der Waals surface area contributed by atoms with Crippen LogP contribution in [0.1, 0.15) is 39.5 Å². The lowest BCUT2D eigenvalue weighted by molar-refractivity contribution is -0.138. The molecule has 2 amide bonds. The molecule has 2 aliphatic rings. The molecule has 8 heteroatoms. The second-order valence-corrected chi connectivity index (χ2v) is 6.65. The monoisotopic (exact) mass is 368 g/mol. The van der Waals surface area contributed by atoms with E-state index in [0.717, 1.165) is 38.8 Å². The van der Waals surface area contributed by atoms with E-state index in [1.54, 1.807) is 0 Å². The van der Waals surface area contributed by atoms with Crippen molar-refractivity contribution < 1.29 is 9.59 Å². The molecule has 3 N–H and O–H groups in total. The quantitative estimate of drug-likeness (QED) is 0.767. The molecule has 6 nitrogen and oxygen atoms in total. The Hall–Kier alpha value is -0.560. The Morgan fingerprint density at radius 1 is 1.09 bits per heavy atom. The summed E-state index contributed by atoms with van der Waals surface area (Å²) in [5.74, 6) is 0.155. The van der Waals surface area contributed by atoms with Gasteiger partial charge in [0.25, 0.3) is 0 Å². The molecule has 0 aromatic heterocycles. The molecule has 1 aliphatic carbocycles. The van der Waals surface area contributed by atoms with E-state index in [1.165, 1.54) is 0 Å². The second kappa shape index (κ2) is 9.67. The van der Waals surface area contributed by atoms with E-state index < -0.39 is 5.54 Å². The van der Waals surface area contributed by atoms with Crippen LogP contribution in [0, 0.1) is 0 Å². The van der Waals surface area contributed by atoms with Crippen LogP contribution in [0.2, 0.25) is 0 Å². The van der Waals surface area contributed by atoms with Crippen LogP contribution >= 0.6 is 24.8 Å². The molecule has 136 valence electrons. The zero-order valence-corrected chi connectivity index (χ0v) is 15.7. The third-order valence-corrected chi connectivity index (χ3v) is 4.40. The Labute approximate surface area is 151 Å². The smallest absolute Gasteiger partial charge is 0.242 e. The molecule has 0 bridgehead atoms. The summed E-state index contributed by atoms with van der Waals surface area (Å²) in [5.41, 5.74) is 5.61. The minimum Gasteiger partial charge on any atom is -0.353 e. The van der Waals surface area contributed by atoms with Crippen molar-refractivity contribution in [1.29, 1.82) is 0 Å². The highest BCUT2D eigenvalue weighted by Crippen LogP contribution is 2.29. The van der Waals surface area contributed by atoms with Gasteiger partial charge in [0, 0.05) is 32.2 Å². The van der Waals surface area contributed by atoms with Gasteiger partial charge in [0.1, 0.15) is 0 Å². The Kier molecular flexibility index (Phi) is 9.43. The first-order valence-corrected chi connectivity index (χ1v) is 8.01. The summed E-state index contributed by atoms with van der Waals surface area (Å²) in [6, 6.07) is 0.167. The maximum absolute atomic E-state index is 12.5. The number of nitrogens with two attached hydrogens (primary N) is 1. The molecule has 0 aromatic carbocycles. The van der Waals surface area contributed by atoms with Gasteiger partial charge in [0.2, 0.25) is 11.8 Å². The fourth-order valence-corrected chi connectivity index (χ4v) is 3.21. The highest BCUT2D eigenvalue weighted by atomic mass is 35.5. The number of hydrogen-bond acceptors (Lipinski definition) is 4. The summed E-state index contributed by atoms with van der Waals surface area (Å²) in [4.78, 5) is 28.2. The third kappa shape index (κ3) is 6.10. The van der Waals surface area contributed by atoms with Crippen molar-refractivity contribution in [2.45, 2.75) is 51.1 Å². The summed E-state index contributed by atoms with van der Waals surface area (Å²) in [6.45, 7) is 7.15. The predicted molar refractivity (Wildman–Crippen MR) is 96.2 cm³/mol. The lowest BCUT2D eigenvalue weighted by Gasteiger charge is -2.38. The first-order chi connectivity index (χ1) is 9.90. The van der Waals surface area contributed by atoms with Crippen molar-refractivity contribution in [1.82, 2.24) is 15.1 Å². The van der Waals surface area contributed by atoms with Crippen LogP contribution in [0.3, 0.4) is 0 Å². The molecular formula is C15H30Cl2N4O2. The molecule has 1 saturated carbocycles. The molecule has 1 heterocycles. The number of hydrogen-bond donors (Lipinski definition) is 2. The SMILES string of the molecule is CC(C)NC(=O)CN1CCN(C(=O)C2(N)CCCC2)CC1.Cl.Cl. The van der Waals surface area contributed by atoms with E-state index in [0.29, 0.717) is 19.6 Å². The van der Waals surface area contributed by atoms with Crippen molar-refractivity contribution >= 4 is 36.6 Å². The second-order valence-electron chi connectivity index (χ2n) is 6.65. The molecule has 0 atom stereocenters. The van der Waals surface area contributed by atoms with Crippen LogP contribution in [-0.2, 0) is 9.59 Å². The van der Waals surface area contributed by atoms with Gasteiger partial charge in [-0.25, -0.2) is 0 Å². The molecule has 2 fully saturated rings. The normalized spacial score (nSPS) is 20.6. The summed E-state index contributed by atoms with van der Waals surface area (Å²) in [5, 5.41) is 2.89. The fourth-order valence-electron chi connectivity index (χ4n) is 3.21. The first-order valence-electron chi connectivity index (χ1n) is 8.01. The van der Waals surface area contributed by atoms with Gasteiger partial charge in [-0.1, -0.05) is 12.8 Å². The summed E-state index contributed by atoms with van der Waals surface area (Å²) < 4.78 is 0. The Bertz CT molecular complexity index is 393. The molecule has 0 unspecified atom stereocenters. The fraction of sp³-hybridized carbons (Fsp3) is 0.867. The van der Waals surface area contributed by atoms with E-state index in [4.69, 9.17) is 5.73 Å². The predicted octanol–water partition coefficient (Wildman–Crippen LogP) is 0.770. The lowest BCUT2D eigenvalue weighted by Crippen LogP contribution is -2.59. The molecule has 0 spiro atoms. The number of amides is 2. The van der Waals surface area contributed by atoms with E-state index in [9.17, 15) is 9.59 Å². The molecule has 23 heavy (non-hydrogen) atoms. The zero-order valence-electron chi connectivity index (χ0n) is 14.0. The molecule has 0 aromatic rings. The van der Waals surface area contributed by atoms with Crippen molar-refractivity contribution in [2.75, 3.05) is 32.7 Å². The summed E-state index contributed by atoms with van der Waals surface area (Å²) in [6.07, 6.45) is 3.72. The standard InChI is InChI=1S/C15H28N4O2.2ClH/c1-12(2)17-13(20)11-18-7-9-19(10-8-18)14(21)15(16)5-3-4-6-15;;/h12H,3-11,16H2,1-2H3,(H,17,20);2*1H. The van der Waals surface area contributed by atoms with Gasteiger partial charge < -0.3 is 16.0 Å². The molecule has 0 radical (unpaired) electrons. The summed E-state index contributed by atoms with van der Waals surface area (Å²) in [7, 11) is 0. The van der Waals surface area contributed by atoms with Crippen molar-refractivity contribution in [3.63, 3.8) is 0 Å². The van der Waals surface area contributed by atoms with Crippen LogP contribution in [0.4, 0.5) is 0 Å². The Morgan fingerprint density at radius 2 is 1.61 bits per heavy atom. The van der Waals surface area contributed by atoms with Gasteiger partial charge >= 0.3 is 0 Å². The minimum atomic E-state index is -0.628. The average Bonchev–Trinajstić information content (AvgIpc) is 2.86. The van der Waals surface area contributed by atoms with Crippen molar-refractivity contribution in [2.24, 2.45) is 5.73 Å². The molecular weight excluding hydrogens is 339 g/mol. The number of carbonyl (C=O) groups excluding carboxylic acids is 2. The van der Waals surface area contributed by atoms with Crippen molar-refractivity contribution in [3.8, 4) is 0 Å². The van der Waals surface area contributed by atoms with Crippen LogP contribution in [0.5, 0.6) is 0 Å². The van der Waals surface area contributed by atoms with Crippen LogP contribution in [-0.4, -0.2) is 65.9 Å². The number of rotatable bonds is 4. The number of piperazine rings is 1. The largest absolute Gasteiger partial charge is 0.353 e. The molecule has 1 saturated heterocycles. The zero-order chi connectivity index (χ0) is 15.5. The van der Waals surface area contributed by atoms with Crippen LogP contribution < -0.4 is 11.1 Å². The number of halogens is 2. The van der Waals surface area contributed by atoms with E-state index >= 15 is 0 Å². The number of nitrogens with one attached hydrogen (secondary N) is 1. The van der Waals surface area contributed by atoms with Crippen LogP contribution in [0.15, 0.2) is 0 Å². The minimum absolute atomic E-state index is 0. The van der Waals surface area contributed by atoms with Crippen molar-refractivity contribution in [3.05, 3.63) is 0 Å². The molecule has 2 rings (SSSR count). The van der Waals surface area contributed by atoms with Crippen LogP contribution in [0.25, 0.3) is 0 Å². The van der Waals surface area contributed by atoms with Gasteiger partial charge in [-0.3, -0.25) is 14.5 Å². The third-order valence-electron chi connectivity index (χ3n) is 4.40. The van der Waals surface area contributed by atoms with Gasteiger partial charge in [-0.2, -0.15) is 0 Å². The maximum Gasteiger partial charge on any atom is 0.242 e. The van der Waals surface area contributed by atoms with E-state index in [-0.39, 0.29) is 42.7 Å². The topological polar surface area (TPSA) is 78.7 Å². The summed E-state index contributed by atoms with van der Waals surface area (Å²) >= 11 is 0. The first kappa shape index (κ1) is 22.4. The van der Waals surface area contributed by atoms with Gasteiger partial charge in [0.15, 0.2) is 0 Å². The van der Waals surface area contributed by atoms with E-state index in [2.05, 4.69) is 10.2 Å². The highest BCUT2D eigenvalue weighted by Gasteiger charge is 2.40. The van der Waals surface area contributed by atoms with Gasteiger partial charge in [-0.05, 0) is 26.7 Å². The number of carbonyl (C=O) groups is 2. The lowest BCUT2D eigenvalue weighted by atomic mass is 9.97. The Balaban J connectivity index is 0.00000242. The maximum atomic E-state index is 12.5. The Morgan fingerprint density at radius 3 is 2.09 bits per heavy atom. The van der Waals surface area contributed by atoms with E-state index in [1.807, 2.05) is 18.7 Å². The highest BCUT2D eigenvalue weighted by molar-refractivity contribution is 5.86. The molecule has 1 aliphatic heterocycles. The average molecular weight is 369 g/mol. The number of nitrogens with zero attached hydrogens (tertiary/aromatic N) is 2. The van der Waals surface area contributed by atoms with Gasteiger partial charge in [0.05, 0.1) is 12.1 Å². The van der Waals surface area contributed by atoms with Gasteiger partial charge in [-0.15, -0.1) is 24.8 Å².